The Morgan fingerprint density at radius 1 is 1.33 bits per heavy atom. The molecule has 3 heteroatoms. The van der Waals surface area contributed by atoms with Crippen LogP contribution in [-0.4, -0.2) is 32.1 Å². The SMILES string of the molecule is COc1ccc(C(CN)N(C)CC2CCC2)cc1. The van der Waals surface area contributed by atoms with Crippen LogP contribution in [0, 0.1) is 5.92 Å². The van der Waals surface area contributed by atoms with Gasteiger partial charge in [0.1, 0.15) is 5.75 Å². The molecule has 0 amide bonds. The molecule has 2 N–H and O–H groups in total. The molecule has 1 unspecified atom stereocenters. The van der Waals surface area contributed by atoms with Crippen LogP contribution in [-0.2, 0) is 0 Å². The van der Waals surface area contributed by atoms with Gasteiger partial charge >= 0.3 is 0 Å². The van der Waals surface area contributed by atoms with Crippen LogP contribution in [0.5, 0.6) is 5.75 Å². The minimum atomic E-state index is 0.316. The standard InChI is InChI=1S/C15H24N2O/c1-17(11-12-4-3-5-12)15(10-16)13-6-8-14(18-2)9-7-13/h6-9,12,15H,3-5,10-11,16H2,1-2H3. The van der Waals surface area contributed by atoms with Gasteiger partial charge < -0.3 is 10.5 Å². The number of ether oxygens (including phenoxy) is 1. The van der Waals surface area contributed by atoms with E-state index in [9.17, 15) is 0 Å². The first-order valence-electron chi connectivity index (χ1n) is 6.79. The van der Waals surface area contributed by atoms with E-state index in [1.165, 1.54) is 24.8 Å². The summed E-state index contributed by atoms with van der Waals surface area (Å²) in [5, 5.41) is 0. The maximum atomic E-state index is 5.94. The molecule has 0 aromatic heterocycles. The Labute approximate surface area is 110 Å². The summed E-state index contributed by atoms with van der Waals surface area (Å²) in [5.74, 6) is 1.78. The van der Waals surface area contributed by atoms with E-state index in [1.54, 1.807) is 7.11 Å². The molecule has 0 spiro atoms. The largest absolute Gasteiger partial charge is 0.497 e. The van der Waals surface area contributed by atoms with Crippen molar-refractivity contribution in [2.45, 2.75) is 25.3 Å². The molecule has 3 nitrogen and oxygen atoms in total. The van der Waals surface area contributed by atoms with Crippen molar-refractivity contribution in [1.29, 1.82) is 0 Å². The predicted molar refractivity (Wildman–Crippen MR) is 74.8 cm³/mol. The molecular formula is C15H24N2O. The van der Waals surface area contributed by atoms with Crippen molar-refractivity contribution in [1.82, 2.24) is 4.90 Å². The number of likely N-dealkylation sites (N-methyl/N-ethyl adjacent to an activating group) is 1. The number of benzene rings is 1. The Bertz CT molecular complexity index is 359. The van der Waals surface area contributed by atoms with Gasteiger partial charge in [-0.25, -0.2) is 0 Å². The molecule has 0 heterocycles. The Balaban J connectivity index is 2.00. The number of nitrogens with two attached hydrogens (primary N) is 1. The molecule has 1 aromatic rings. The molecule has 0 aliphatic heterocycles. The summed E-state index contributed by atoms with van der Waals surface area (Å²) in [4.78, 5) is 2.39. The minimum Gasteiger partial charge on any atom is -0.497 e. The lowest BCUT2D eigenvalue weighted by molar-refractivity contribution is 0.165. The summed E-state index contributed by atoms with van der Waals surface area (Å²) in [6, 6.07) is 8.57. The number of hydrogen-bond donors (Lipinski definition) is 1. The van der Waals surface area contributed by atoms with Crippen LogP contribution in [0.3, 0.4) is 0 Å². The van der Waals surface area contributed by atoms with Crippen molar-refractivity contribution in [2.75, 3.05) is 27.2 Å². The monoisotopic (exact) mass is 248 g/mol. The first-order valence-corrected chi connectivity index (χ1v) is 6.79. The van der Waals surface area contributed by atoms with Gasteiger partial charge in [-0.3, -0.25) is 4.90 Å². The quantitative estimate of drug-likeness (QED) is 0.840. The molecular weight excluding hydrogens is 224 g/mol. The van der Waals surface area contributed by atoms with Gasteiger partial charge in [0.2, 0.25) is 0 Å². The summed E-state index contributed by atoms with van der Waals surface area (Å²) in [7, 11) is 3.87. The van der Waals surface area contributed by atoms with Gasteiger partial charge in [-0.05, 0) is 43.5 Å². The Kier molecular flexibility index (Phi) is 4.61. The average molecular weight is 248 g/mol. The molecule has 100 valence electrons. The first-order chi connectivity index (χ1) is 8.74. The van der Waals surface area contributed by atoms with Gasteiger partial charge in [0.15, 0.2) is 0 Å². The fourth-order valence-electron chi connectivity index (χ4n) is 2.61. The number of rotatable bonds is 6. The predicted octanol–water partition coefficient (Wildman–Crippen LogP) is 2.43. The lowest BCUT2D eigenvalue weighted by Gasteiger charge is -2.34. The zero-order chi connectivity index (χ0) is 13.0. The Morgan fingerprint density at radius 2 is 2.00 bits per heavy atom. The third-order valence-corrected chi connectivity index (χ3v) is 4.03. The van der Waals surface area contributed by atoms with E-state index in [-0.39, 0.29) is 0 Å². The third kappa shape index (κ3) is 3.03. The fraction of sp³-hybridized carbons (Fsp3) is 0.600. The topological polar surface area (TPSA) is 38.5 Å². The van der Waals surface area contributed by atoms with Crippen molar-refractivity contribution >= 4 is 0 Å². The zero-order valence-electron chi connectivity index (χ0n) is 11.4. The second-order valence-corrected chi connectivity index (χ2v) is 5.26. The van der Waals surface area contributed by atoms with E-state index in [0.29, 0.717) is 12.6 Å². The van der Waals surface area contributed by atoms with Crippen LogP contribution >= 0.6 is 0 Å². The molecule has 1 aliphatic rings. The van der Waals surface area contributed by atoms with Crippen molar-refractivity contribution in [3.63, 3.8) is 0 Å². The van der Waals surface area contributed by atoms with E-state index in [2.05, 4.69) is 24.1 Å². The summed E-state index contributed by atoms with van der Waals surface area (Å²) >= 11 is 0. The molecule has 2 rings (SSSR count). The van der Waals surface area contributed by atoms with Crippen molar-refractivity contribution in [3.05, 3.63) is 29.8 Å². The lowest BCUT2D eigenvalue weighted by Crippen LogP contribution is -2.36. The Morgan fingerprint density at radius 3 is 2.44 bits per heavy atom. The van der Waals surface area contributed by atoms with Crippen LogP contribution in [0.2, 0.25) is 0 Å². The normalized spacial score (nSPS) is 17.6. The van der Waals surface area contributed by atoms with Gasteiger partial charge in [-0.1, -0.05) is 18.6 Å². The second-order valence-electron chi connectivity index (χ2n) is 5.26. The van der Waals surface area contributed by atoms with Gasteiger partial charge in [0.25, 0.3) is 0 Å². The summed E-state index contributed by atoms with van der Waals surface area (Å²) in [6.07, 6.45) is 4.16. The molecule has 0 bridgehead atoms. The highest BCUT2D eigenvalue weighted by Gasteiger charge is 2.23. The van der Waals surface area contributed by atoms with Crippen molar-refractivity contribution < 1.29 is 4.74 Å². The highest BCUT2D eigenvalue weighted by molar-refractivity contribution is 5.29. The van der Waals surface area contributed by atoms with Gasteiger partial charge in [-0.2, -0.15) is 0 Å². The van der Waals surface area contributed by atoms with Gasteiger partial charge in [0, 0.05) is 19.1 Å². The van der Waals surface area contributed by atoms with Crippen LogP contribution < -0.4 is 10.5 Å². The van der Waals surface area contributed by atoms with Crippen molar-refractivity contribution in [2.24, 2.45) is 11.7 Å². The molecule has 18 heavy (non-hydrogen) atoms. The third-order valence-electron chi connectivity index (χ3n) is 4.03. The van der Waals surface area contributed by atoms with E-state index in [4.69, 9.17) is 10.5 Å². The zero-order valence-corrected chi connectivity index (χ0v) is 11.4. The Hall–Kier alpha value is -1.06. The molecule has 1 atom stereocenters. The number of methoxy groups -OCH3 is 1. The van der Waals surface area contributed by atoms with E-state index >= 15 is 0 Å². The van der Waals surface area contributed by atoms with E-state index < -0.39 is 0 Å². The van der Waals surface area contributed by atoms with Crippen LogP contribution in [0.25, 0.3) is 0 Å². The van der Waals surface area contributed by atoms with Gasteiger partial charge in [0.05, 0.1) is 7.11 Å². The highest BCUT2D eigenvalue weighted by atomic mass is 16.5. The maximum absolute atomic E-state index is 5.94. The summed E-state index contributed by atoms with van der Waals surface area (Å²) < 4.78 is 5.19. The summed E-state index contributed by atoms with van der Waals surface area (Å²) in [5.41, 5.74) is 7.22. The van der Waals surface area contributed by atoms with Crippen molar-refractivity contribution in [3.8, 4) is 5.75 Å². The minimum absolute atomic E-state index is 0.316. The lowest BCUT2D eigenvalue weighted by atomic mass is 9.85. The van der Waals surface area contributed by atoms with Gasteiger partial charge in [-0.15, -0.1) is 0 Å². The van der Waals surface area contributed by atoms with Crippen LogP contribution in [0.4, 0.5) is 0 Å². The fourth-order valence-corrected chi connectivity index (χ4v) is 2.61. The molecule has 1 saturated carbocycles. The molecule has 1 fully saturated rings. The molecule has 0 saturated heterocycles. The van der Waals surface area contributed by atoms with E-state index in [1.807, 2.05) is 12.1 Å². The smallest absolute Gasteiger partial charge is 0.118 e. The average Bonchev–Trinajstić information content (AvgIpc) is 2.35. The van der Waals surface area contributed by atoms with Crippen LogP contribution in [0.15, 0.2) is 24.3 Å². The number of hydrogen-bond acceptors (Lipinski definition) is 3. The maximum Gasteiger partial charge on any atom is 0.118 e. The first kappa shape index (κ1) is 13.4. The van der Waals surface area contributed by atoms with E-state index in [0.717, 1.165) is 18.2 Å². The molecule has 1 aliphatic carbocycles. The summed E-state index contributed by atoms with van der Waals surface area (Å²) in [6.45, 7) is 1.82. The number of nitrogens with zero attached hydrogens (tertiary/aromatic N) is 1. The van der Waals surface area contributed by atoms with Crippen LogP contribution in [0.1, 0.15) is 30.9 Å². The molecule has 1 aromatic carbocycles. The second kappa shape index (κ2) is 6.21. The highest BCUT2D eigenvalue weighted by Crippen LogP contribution is 2.29. The molecule has 0 radical (unpaired) electrons.